The van der Waals surface area contributed by atoms with Crippen molar-refractivity contribution in [3.8, 4) is 0 Å². The van der Waals surface area contributed by atoms with Crippen LogP contribution < -0.4 is 5.32 Å². The van der Waals surface area contributed by atoms with Gasteiger partial charge >= 0.3 is 0 Å². The third kappa shape index (κ3) is 5.25. The summed E-state index contributed by atoms with van der Waals surface area (Å²) in [5, 5.41) is 13.0. The third-order valence-corrected chi connectivity index (χ3v) is 5.18. The van der Waals surface area contributed by atoms with E-state index in [9.17, 15) is 4.79 Å². The van der Waals surface area contributed by atoms with Crippen LogP contribution in [0.4, 0.5) is 5.82 Å². The Kier molecular flexibility index (Phi) is 6.47. The molecule has 3 rings (SSSR count). The highest BCUT2D eigenvalue weighted by Gasteiger charge is 2.18. The minimum absolute atomic E-state index is 0.169. The molecular formula is C17H15BrCl3N5O. The van der Waals surface area contributed by atoms with E-state index in [1.54, 1.807) is 33.9 Å². The Balaban J connectivity index is 1.66. The van der Waals surface area contributed by atoms with E-state index in [-0.39, 0.29) is 11.8 Å². The Morgan fingerprint density at radius 2 is 2.00 bits per heavy atom. The maximum atomic E-state index is 12.4. The van der Waals surface area contributed by atoms with Crippen LogP contribution >= 0.6 is 50.7 Å². The lowest BCUT2D eigenvalue weighted by Crippen LogP contribution is -2.25. The normalized spacial score (nSPS) is 12.2. The Hall–Kier alpha value is -1.54. The average Bonchev–Trinajstić information content (AvgIpc) is 3.15. The number of nitrogens with one attached hydrogen (secondary N) is 1. The topological polar surface area (TPSA) is 64.7 Å². The smallest absolute Gasteiger partial charge is 0.230 e. The zero-order valence-electron chi connectivity index (χ0n) is 14.2. The number of carbonyl (C=O) groups excluding carboxylic acids is 1. The third-order valence-electron chi connectivity index (χ3n) is 3.82. The van der Waals surface area contributed by atoms with Crippen LogP contribution in [0, 0.1) is 5.92 Å². The molecule has 1 aromatic carbocycles. The molecule has 1 amide bonds. The van der Waals surface area contributed by atoms with Crippen LogP contribution in [0.2, 0.25) is 15.1 Å². The van der Waals surface area contributed by atoms with E-state index in [1.165, 1.54) is 6.20 Å². The molecule has 3 aromatic rings. The van der Waals surface area contributed by atoms with Gasteiger partial charge < -0.3 is 5.32 Å². The van der Waals surface area contributed by atoms with Crippen LogP contribution in [0.1, 0.15) is 12.5 Å². The predicted molar refractivity (Wildman–Crippen MR) is 111 cm³/mol. The summed E-state index contributed by atoms with van der Waals surface area (Å²) in [4.78, 5) is 12.4. The number of benzene rings is 1. The van der Waals surface area contributed by atoms with Crippen molar-refractivity contribution in [2.24, 2.45) is 5.92 Å². The maximum Gasteiger partial charge on any atom is 0.230 e. The molecule has 0 spiro atoms. The first-order chi connectivity index (χ1) is 12.8. The monoisotopic (exact) mass is 489 g/mol. The Bertz CT molecular complexity index is 971. The molecule has 10 heteroatoms. The number of hydrogen-bond donors (Lipinski definition) is 1. The average molecular weight is 492 g/mol. The Labute approximate surface area is 179 Å². The highest BCUT2D eigenvalue weighted by Crippen LogP contribution is 2.25. The molecule has 0 saturated heterocycles. The van der Waals surface area contributed by atoms with Crippen LogP contribution in [0.25, 0.3) is 0 Å². The van der Waals surface area contributed by atoms with Crippen molar-refractivity contribution in [2.45, 2.75) is 20.0 Å². The van der Waals surface area contributed by atoms with E-state index in [2.05, 4.69) is 31.4 Å². The van der Waals surface area contributed by atoms with Gasteiger partial charge in [0.25, 0.3) is 0 Å². The van der Waals surface area contributed by atoms with Crippen LogP contribution in [0.15, 0.2) is 41.3 Å². The molecule has 1 atom stereocenters. The largest absolute Gasteiger partial charge is 0.308 e. The van der Waals surface area contributed by atoms with Crippen LogP contribution in [-0.2, 0) is 17.9 Å². The van der Waals surface area contributed by atoms with Crippen LogP contribution in [-0.4, -0.2) is 25.5 Å². The van der Waals surface area contributed by atoms with E-state index >= 15 is 0 Å². The lowest BCUT2D eigenvalue weighted by atomic mass is 10.1. The predicted octanol–water partition coefficient (Wildman–Crippen LogP) is 5.13. The number of carbonyl (C=O) groups is 1. The number of amides is 1. The highest BCUT2D eigenvalue weighted by molar-refractivity contribution is 9.10. The molecular weight excluding hydrogens is 476 g/mol. The second-order valence-electron chi connectivity index (χ2n) is 6.03. The molecule has 27 heavy (non-hydrogen) atoms. The van der Waals surface area contributed by atoms with Crippen molar-refractivity contribution in [3.63, 3.8) is 0 Å². The summed E-state index contributed by atoms with van der Waals surface area (Å²) in [5.41, 5.74) is 0.873. The number of rotatable bonds is 6. The number of nitrogens with zero attached hydrogens (tertiary/aromatic N) is 4. The molecule has 0 aliphatic rings. The molecule has 2 heterocycles. The van der Waals surface area contributed by atoms with E-state index < -0.39 is 0 Å². The van der Waals surface area contributed by atoms with Gasteiger partial charge in [-0.2, -0.15) is 10.2 Å². The lowest BCUT2D eigenvalue weighted by molar-refractivity contribution is -0.119. The van der Waals surface area contributed by atoms with E-state index in [4.69, 9.17) is 34.8 Å². The van der Waals surface area contributed by atoms with Gasteiger partial charge in [0, 0.05) is 22.4 Å². The number of halogens is 4. The fourth-order valence-corrected chi connectivity index (χ4v) is 3.47. The fourth-order valence-electron chi connectivity index (χ4n) is 2.43. The van der Waals surface area contributed by atoms with Gasteiger partial charge in [-0.3, -0.25) is 14.2 Å². The Morgan fingerprint density at radius 1 is 1.22 bits per heavy atom. The van der Waals surface area contributed by atoms with E-state index in [0.717, 1.165) is 5.56 Å². The van der Waals surface area contributed by atoms with Crippen LogP contribution in [0.5, 0.6) is 0 Å². The maximum absolute atomic E-state index is 12.4. The van der Waals surface area contributed by atoms with Crippen molar-refractivity contribution in [2.75, 3.05) is 5.32 Å². The first kappa shape index (κ1) is 20.2. The van der Waals surface area contributed by atoms with Gasteiger partial charge in [0.05, 0.1) is 34.7 Å². The molecule has 2 aromatic heterocycles. The van der Waals surface area contributed by atoms with Crippen molar-refractivity contribution in [1.29, 1.82) is 0 Å². The minimum atomic E-state index is -0.316. The van der Waals surface area contributed by atoms with E-state index in [0.29, 0.717) is 38.4 Å². The van der Waals surface area contributed by atoms with Crippen molar-refractivity contribution in [3.05, 3.63) is 61.9 Å². The van der Waals surface area contributed by atoms with Gasteiger partial charge in [-0.1, -0.05) is 47.8 Å². The molecule has 0 bridgehead atoms. The molecule has 0 radical (unpaired) electrons. The Morgan fingerprint density at radius 3 is 2.67 bits per heavy atom. The molecule has 6 nitrogen and oxygen atoms in total. The molecule has 1 N–H and O–H groups in total. The van der Waals surface area contributed by atoms with Crippen molar-refractivity contribution in [1.82, 2.24) is 19.6 Å². The summed E-state index contributed by atoms with van der Waals surface area (Å²) in [6.07, 6.45) is 4.98. The van der Waals surface area contributed by atoms with Crippen molar-refractivity contribution >= 4 is 62.5 Å². The first-order valence-electron chi connectivity index (χ1n) is 7.97. The number of anilines is 1. The zero-order chi connectivity index (χ0) is 19.6. The lowest BCUT2D eigenvalue weighted by Gasteiger charge is -2.11. The summed E-state index contributed by atoms with van der Waals surface area (Å²) < 4.78 is 3.99. The molecule has 1 unspecified atom stereocenters. The van der Waals surface area contributed by atoms with Gasteiger partial charge in [0.1, 0.15) is 0 Å². The standard InChI is InChI=1S/C17H15BrCl3N5O/c1-10(6-25-8-13(20)5-22-25)17(27)23-16-14(18)9-26(24-16)7-11-2-3-12(19)4-15(11)21/h2-5,8-10H,6-7H2,1H3,(H,23,24,27). The highest BCUT2D eigenvalue weighted by atomic mass is 79.9. The summed E-state index contributed by atoms with van der Waals surface area (Å²) in [5.74, 6) is -0.0451. The molecule has 0 fully saturated rings. The molecule has 142 valence electrons. The van der Waals surface area contributed by atoms with Gasteiger partial charge in [-0.15, -0.1) is 0 Å². The van der Waals surface area contributed by atoms with Gasteiger partial charge in [-0.25, -0.2) is 0 Å². The fraction of sp³-hybridized carbons (Fsp3) is 0.235. The summed E-state index contributed by atoms with van der Waals surface area (Å²) in [7, 11) is 0. The second kappa shape index (κ2) is 8.65. The number of aromatic nitrogens is 4. The molecule has 0 aliphatic carbocycles. The van der Waals surface area contributed by atoms with Crippen molar-refractivity contribution < 1.29 is 4.79 Å². The molecule has 0 aliphatic heterocycles. The summed E-state index contributed by atoms with van der Waals surface area (Å²) in [6.45, 7) is 2.67. The minimum Gasteiger partial charge on any atom is -0.308 e. The quantitative estimate of drug-likeness (QED) is 0.520. The SMILES string of the molecule is CC(Cn1cc(Cl)cn1)C(=O)Nc1nn(Cc2ccc(Cl)cc2Cl)cc1Br. The second-order valence-corrected chi connectivity index (χ2v) is 8.16. The molecule has 0 saturated carbocycles. The van der Waals surface area contributed by atoms with Crippen LogP contribution in [0.3, 0.4) is 0 Å². The van der Waals surface area contributed by atoms with Gasteiger partial charge in [0.2, 0.25) is 5.91 Å². The first-order valence-corrected chi connectivity index (χ1v) is 9.90. The summed E-state index contributed by atoms with van der Waals surface area (Å²) in [6, 6.07) is 5.30. The number of hydrogen-bond acceptors (Lipinski definition) is 3. The van der Waals surface area contributed by atoms with Gasteiger partial charge in [0.15, 0.2) is 5.82 Å². The zero-order valence-corrected chi connectivity index (χ0v) is 18.0. The van der Waals surface area contributed by atoms with Gasteiger partial charge in [-0.05, 0) is 33.6 Å². The van der Waals surface area contributed by atoms with E-state index in [1.807, 2.05) is 13.0 Å². The summed E-state index contributed by atoms with van der Waals surface area (Å²) >= 11 is 21.4.